The molecule has 0 bridgehead atoms. The average molecular weight is 274 g/mol. The van der Waals surface area contributed by atoms with Crippen LogP contribution in [0.4, 0.5) is 0 Å². The van der Waals surface area contributed by atoms with Gasteiger partial charge >= 0.3 is 35.6 Å². The fourth-order valence-corrected chi connectivity index (χ4v) is 1.03. The molecule has 1 rings (SSSR count). The van der Waals surface area contributed by atoms with Crippen molar-refractivity contribution in [2.45, 2.75) is 33.1 Å². The van der Waals surface area contributed by atoms with Gasteiger partial charge in [0.05, 0.1) is 0 Å². The molecule has 0 amide bonds. The third kappa shape index (κ3) is 3.19. The van der Waals surface area contributed by atoms with Gasteiger partial charge in [-0.2, -0.15) is 17.7 Å². The predicted octanol–water partition coefficient (Wildman–Crippen LogP) is 3.01. The molecule has 56 valence electrons. The van der Waals surface area contributed by atoms with Crippen molar-refractivity contribution in [1.29, 1.82) is 0 Å². The van der Waals surface area contributed by atoms with Gasteiger partial charge in [-0.1, -0.05) is 33.1 Å². The van der Waals surface area contributed by atoms with Crippen LogP contribution < -0.4 is 0 Å². The number of hydrogen-bond donors (Lipinski definition) is 0. The molecule has 1 heteroatoms. The summed E-state index contributed by atoms with van der Waals surface area (Å²) in [5.74, 6) is 0. The minimum absolute atomic E-state index is 0. The summed E-state index contributed by atoms with van der Waals surface area (Å²) in [6.07, 6.45) is 0. The van der Waals surface area contributed by atoms with Crippen LogP contribution in [0.2, 0.25) is 0 Å². The van der Waals surface area contributed by atoms with Crippen molar-refractivity contribution < 1.29 is 35.6 Å². The summed E-state index contributed by atoms with van der Waals surface area (Å²) < 4.78 is 0. The predicted molar refractivity (Wildman–Crippen MR) is 45.5 cm³/mol. The summed E-state index contributed by atoms with van der Waals surface area (Å²) in [5.41, 5.74) is 3.11. The molecular weight excluding hydrogens is 259 g/mol. The molecule has 0 aliphatic heterocycles. The van der Waals surface area contributed by atoms with Crippen molar-refractivity contribution in [2.75, 3.05) is 0 Å². The minimum atomic E-state index is 0. The molecule has 0 aromatic heterocycles. The van der Waals surface area contributed by atoms with Gasteiger partial charge in [0.2, 0.25) is 0 Å². The van der Waals surface area contributed by atoms with Gasteiger partial charge in [-0.3, -0.25) is 0 Å². The Hall–Kier alpha value is 0.545. The number of aryl methyl sites for hydroxylation is 1. The van der Waals surface area contributed by atoms with Gasteiger partial charge in [0.25, 0.3) is 0 Å². The Bertz CT molecular complexity index is 215. The van der Waals surface area contributed by atoms with E-state index >= 15 is 0 Å². The van der Waals surface area contributed by atoms with Crippen LogP contribution in [-0.4, -0.2) is 0 Å². The molecule has 0 radical (unpaired) electrons. The van der Waals surface area contributed by atoms with Crippen LogP contribution in [0.15, 0.2) is 18.2 Å². The SMILES string of the molecule is Cc1cc[c-](C(C)(C)C)c1.[La+3]. The molecule has 0 nitrogen and oxygen atoms in total. The van der Waals surface area contributed by atoms with E-state index < -0.39 is 0 Å². The topological polar surface area (TPSA) is 0 Å². The van der Waals surface area contributed by atoms with Crippen LogP contribution in [-0.2, 0) is 5.41 Å². The van der Waals surface area contributed by atoms with Crippen molar-refractivity contribution in [3.63, 3.8) is 0 Å². The molecular formula is C10H15La+2. The van der Waals surface area contributed by atoms with Crippen molar-refractivity contribution >= 4 is 0 Å². The zero-order valence-corrected chi connectivity index (χ0v) is 11.4. The van der Waals surface area contributed by atoms with Gasteiger partial charge in [-0.15, -0.1) is 0 Å². The van der Waals surface area contributed by atoms with E-state index in [1.165, 1.54) is 11.1 Å². The second kappa shape index (κ2) is 3.98. The maximum atomic E-state index is 2.25. The van der Waals surface area contributed by atoms with Gasteiger partial charge in [0, 0.05) is 0 Å². The molecule has 0 fully saturated rings. The second-order valence-electron chi connectivity index (χ2n) is 3.93. The minimum Gasteiger partial charge on any atom is -0.211 e. The molecule has 0 aliphatic carbocycles. The average Bonchev–Trinajstić information content (AvgIpc) is 2.11. The third-order valence-electron chi connectivity index (χ3n) is 1.77. The van der Waals surface area contributed by atoms with Crippen molar-refractivity contribution in [3.8, 4) is 0 Å². The van der Waals surface area contributed by atoms with E-state index in [0.717, 1.165) is 0 Å². The van der Waals surface area contributed by atoms with E-state index in [0.29, 0.717) is 5.41 Å². The zero-order chi connectivity index (χ0) is 7.78. The summed E-state index contributed by atoms with van der Waals surface area (Å²) >= 11 is 0. The Morgan fingerprint density at radius 1 is 1.27 bits per heavy atom. The fraction of sp³-hybridized carbons (Fsp3) is 0.500. The second-order valence-corrected chi connectivity index (χ2v) is 3.93. The summed E-state index contributed by atoms with van der Waals surface area (Å²) in [7, 11) is 0. The van der Waals surface area contributed by atoms with E-state index in [2.05, 4.69) is 45.9 Å². The maximum absolute atomic E-state index is 2.25. The van der Waals surface area contributed by atoms with Gasteiger partial charge < -0.3 is 0 Å². The molecule has 0 unspecified atom stereocenters. The third-order valence-corrected chi connectivity index (χ3v) is 1.77. The first-order chi connectivity index (χ1) is 4.50. The van der Waals surface area contributed by atoms with Gasteiger partial charge in [-0.05, 0) is 0 Å². The Labute approximate surface area is 97.3 Å². The first-order valence-electron chi connectivity index (χ1n) is 3.74. The molecule has 11 heavy (non-hydrogen) atoms. The molecule has 0 aliphatic rings. The van der Waals surface area contributed by atoms with Crippen molar-refractivity contribution in [2.24, 2.45) is 0 Å². The fourth-order valence-electron chi connectivity index (χ4n) is 1.03. The Balaban J connectivity index is 0.000001000. The summed E-state index contributed by atoms with van der Waals surface area (Å²) in [6.45, 7) is 8.85. The molecule has 0 atom stereocenters. The molecule has 0 heterocycles. The Morgan fingerprint density at radius 2 is 1.82 bits per heavy atom. The van der Waals surface area contributed by atoms with Crippen molar-refractivity contribution in [3.05, 3.63) is 29.3 Å². The molecule has 0 saturated carbocycles. The standard InChI is InChI=1S/C10H15.La/c1-8-5-6-9(7-8)10(2,3)4;/h5-7H,1-4H3;/q-1;+3. The van der Waals surface area contributed by atoms with Crippen LogP contribution in [0.5, 0.6) is 0 Å². The van der Waals surface area contributed by atoms with Crippen molar-refractivity contribution in [1.82, 2.24) is 0 Å². The number of rotatable bonds is 0. The Morgan fingerprint density at radius 3 is 2.00 bits per heavy atom. The van der Waals surface area contributed by atoms with E-state index in [4.69, 9.17) is 0 Å². The molecule has 0 N–H and O–H groups in total. The zero-order valence-electron chi connectivity index (χ0n) is 7.81. The van der Waals surface area contributed by atoms with E-state index in [-0.39, 0.29) is 35.6 Å². The van der Waals surface area contributed by atoms with Gasteiger partial charge in [0.15, 0.2) is 0 Å². The Kier molecular flexibility index (Phi) is 4.17. The molecule has 0 saturated heterocycles. The van der Waals surface area contributed by atoms with Gasteiger partial charge in [0.1, 0.15) is 0 Å². The van der Waals surface area contributed by atoms with E-state index in [1.807, 2.05) is 0 Å². The van der Waals surface area contributed by atoms with Crippen LogP contribution >= 0.6 is 0 Å². The first kappa shape index (κ1) is 11.5. The smallest absolute Gasteiger partial charge is 0.211 e. The monoisotopic (exact) mass is 274 g/mol. The normalized spacial score (nSPS) is 10.9. The van der Waals surface area contributed by atoms with Gasteiger partial charge in [-0.25, -0.2) is 11.6 Å². The summed E-state index contributed by atoms with van der Waals surface area (Å²) in [6, 6.07) is 6.62. The molecule has 0 spiro atoms. The molecule has 1 aromatic carbocycles. The summed E-state index contributed by atoms with van der Waals surface area (Å²) in [5, 5.41) is 0. The van der Waals surface area contributed by atoms with Crippen LogP contribution in [0, 0.1) is 42.5 Å². The van der Waals surface area contributed by atoms with Crippen LogP contribution in [0.1, 0.15) is 31.9 Å². The van der Waals surface area contributed by atoms with Crippen LogP contribution in [0.25, 0.3) is 0 Å². The summed E-state index contributed by atoms with van der Waals surface area (Å²) in [4.78, 5) is 0. The van der Waals surface area contributed by atoms with Crippen LogP contribution in [0.3, 0.4) is 0 Å². The first-order valence-corrected chi connectivity index (χ1v) is 3.74. The quantitative estimate of drug-likeness (QED) is 0.638. The largest absolute Gasteiger partial charge is 3.00 e. The maximum Gasteiger partial charge on any atom is 3.00 e. The van der Waals surface area contributed by atoms with E-state index in [9.17, 15) is 0 Å². The molecule has 1 aromatic rings. The van der Waals surface area contributed by atoms with E-state index in [1.54, 1.807) is 0 Å². The number of hydrogen-bond acceptors (Lipinski definition) is 0.